The van der Waals surface area contributed by atoms with E-state index in [1.165, 1.54) is 43.5 Å². The average Bonchev–Trinajstić information content (AvgIpc) is 2.82. The van der Waals surface area contributed by atoms with Gasteiger partial charge in [-0.2, -0.15) is 0 Å². The molecule has 0 amide bonds. The minimum absolute atomic E-state index is 0. The highest BCUT2D eigenvalue weighted by atomic mass is 127. The third-order valence-corrected chi connectivity index (χ3v) is 5.36. The molecule has 7 nitrogen and oxygen atoms in total. The standard InChI is InChI=1S/C24H35N5O2.HI/c1-25-24(28-18-22-10-11-23(26-17-22)31-15-14-30-2)27-16-20-6-8-21(9-7-20)19-29-12-4-3-5-13-29;/h6-11,17H,3-5,12-16,18-19H2,1-2H3,(H2,25,27,28);1H. The lowest BCUT2D eigenvalue weighted by Gasteiger charge is -2.26. The highest BCUT2D eigenvalue weighted by Crippen LogP contribution is 2.13. The summed E-state index contributed by atoms with van der Waals surface area (Å²) in [6.45, 7) is 5.93. The maximum atomic E-state index is 5.49. The van der Waals surface area contributed by atoms with Gasteiger partial charge in [-0.3, -0.25) is 9.89 Å². The number of hydrogen-bond acceptors (Lipinski definition) is 5. The van der Waals surface area contributed by atoms with Crippen LogP contribution >= 0.6 is 24.0 Å². The summed E-state index contributed by atoms with van der Waals surface area (Å²) < 4.78 is 10.5. The van der Waals surface area contributed by atoms with E-state index in [1.807, 2.05) is 18.3 Å². The first-order valence-corrected chi connectivity index (χ1v) is 11.1. The summed E-state index contributed by atoms with van der Waals surface area (Å²) in [6, 6.07) is 12.7. The Bertz CT molecular complexity index is 793. The number of guanidine groups is 1. The van der Waals surface area contributed by atoms with Crippen molar-refractivity contribution in [1.29, 1.82) is 0 Å². The van der Waals surface area contributed by atoms with E-state index in [2.05, 4.69) is 49.8 Å². The van der Waals surface area contributed by atoms with Gasteiger partial charge in [0.05, 0.1) is 6.61 Å². The highest BCUT2D eigenvalue weighted by molar-refractivity contribution is 14.0. The van der Waals surface area contributed by atoms with Crippen LogP contribution in [-0.2, 0) is 24.4 Å². The Morgan fingerprint density at radius 1 is 0.938 bits per heavy atom. The zero-order valence-electron chi connectivity index (χ0n) is 19.2. The number of pyridine rings is 1. The van der Waals surface area contributed by atoms with Gasteiger partial charge in [-0.25, -0.2) is 4.98 Å². The number of aromatic nitrogens is 1. The Morgan fingerprint density at radius 3 is 2.22 bits per heavy atom. The minimum atomic E-state index is 0. The molecule has 2 aromatic rings. The molecule has 0 unspecified atom stereocenters. The molecule has 0 bridgehead atoms. The molecule has 8 heteroatoms. The Kier molecular flexibility index (Phi) is 12.4. The van der Waals surface area contributed by atoms with Crippen molar-refractivity contribution in [3.63, 3.8) is 0 Å². The molecule has 176 valence electrons. The lowest BCUT2D eigenvalue weighted by atomic mass is 10.1. The van der Waals surface area contributed by atoms with Crippen LogP contribution in [0, 0.1) is 0 Å². The van der Waals surface area contributed by atoms with Crippen molar-refractivity contribution >= 4 is 29.9 Å². The van der Waals surface area contributed by atoms with Crippen LogP contribution in [0.5, 0.6) is 5.88 Å². The van der Waals surface area contributed by atoms with E-state index < -0.39 is 0 Å². The van der Waals surface area contributed by atoms with Crippen LogP contribution in [0.1, 0.15) is 36.0 Å². The summed E-state index contributed by atoms with van der Waals surface area (Å²) in [5.74, 6) is 1.37. The SMILES string of the molecule is CN=C(NCc1ccc(CN2CCCCC2)cc1)NCc1ccc(OCCOC)nc1.I. The quantitative estimate of drug-likeness (QED) is 0.203. The monoisotopic (exact) mass is 553 g/mol. The fourth-order valence-electron chi connectivity index (χ4n) is 3.56. The molecular weight excluding hydrogens is 517 g/mol. The Labute approximate surface area is 209 Å². The van der Waals surface area contributed by atoms with Gasteiger partial charge in [0.15, 0.2) is 5.96 Å². The van der Waals surface area contributed by atoms with Gasteiger partial charge < -0.3 is 20.1 Å². The summed E-state index contributed by atoms with van der Waals surface area (Å²) in [4.78, 5) is 11.2. The van der Waals surface area contributed by atoms with Gasteiger partial charge >= 0.3 is 0 Å². The number of nitrogens with one attached hydrogen (secondary N) is 2. The van der Waals surface area contributed by atoms with Gasteiger partial charge in [0.2, 0.25) is 5.88 Å². The number of halogens is 1. The molecule has 0 aliphatic carbocycles. The minimum Gasteiger partial charge on any atom is -0.475 e. The van der Waals surface area contributed by atoms with Crippen molar-refractivity contribution in [2.24, 2.45) is 4.99 Å². The topological polar surface area (TPSA) is 71.0 Å². The van der Waals surface area contributed by atoms with Crippen molar-refractivity contribution in [2.45, 2.75) is 38.9 Å². The summed E-state index contributed by atoms with van der Waals surface area (Å²) in [5.41, 5.74) is 3.68. The van der Waals surface area contributed by atoms with Crippen molar-refractivity contribution < 1.29 is 9.47 Å². The Morgan fingerprint density at radius 2 is 1.59 bits per heavy atom. The van der Waals surface area contributed by atoms with Gasteiger partial charge in [-0.05, 0) is 42.6 Å². The maximum Gasteiger partial charge on any atom is 0.213 e. The molecule has 0 atom stereocenters. The zero-order valence-corrected chi connectivity index (χ0v) is 21.5. The first kappa shape index (κ1) is 26.3. The molecule has 2 N–H and O–H groups in total. The van der Waals surface area contributed by atoms with E-state index in [0.717, 1.165) is 24.6 Å². The van der Waals surface area contributed by atoms with Gasteiger partial charge in [0.25, 0.3) is 0 Å². The second kappa shape index (κ2) is 15.0. The van der Waals surface area contributed by atoms with Gasteiger partial charge in [0, 0.05) is 46.1 Å². The van der Waals surface area contributed by atoms with E-state index in [4.69, 9.17) is 9.47 Å². The van der Waals surface area contributed by atoms with E-state index in [1.54, 1.807) is 14.2 Å². The molecule has 1 aliphatic rings. The van der Waals surface area contributed by atoms with Crippen LogP contribution in [-0.4, -0.2) is 56.3 Å². The highest BCUT2D eigenvalue weighted by Gasteiger charge is 2.10. The first-order valence-electron chi connectivity index (χ1n) is 11.1. The number of methoxy groups -OCH3 is 1. The molecular formula is C24H36IN5O2. The number of likely N-dealkylation sites (tertiary alicyclic amines) is 1. The fourth-order valence-corrected chi connectivity index (χ4v) is 3.56. The van der Waals surface area contributed by atoms with Crippen LogP contribution in [0.15, 0.2) is 47.6 Å². The molecule has 1 saturated heterocycles. The van der Waals surface area contributed by atoms with Crippen LogP contribution < -0.4 is 15.4 Å². The molecule has 2 heterocycles. The number of piperidine rings is 1. The largest absolute Gasteiger partial charge is 0.475 e. The van der Waals surface area contributed by atoms with E-state index in [9.17, 15) is 0 Å². The second-order valence-electron chi connectivity index (χ2n) is 7.78. The van der Waals surface area contributed by atoms with Crippen LogP contribution in [0.2, 0.25) is 0 Å². The first-order chi connectivity index (χ1) is 15.3. The maximum absolute atomic E-state index is 5.49. The molecule has 1 aromatic carbocycles. The number of ether oxygens (including phenoxy) is 2. The fraction of sp³-hybridized carbons (Fsp3) is 0.500. The number of nitrogens with zero attached hydrogens (tertiary/aromatic N) is 3. The second-order valence-corrected chi connectivity index (χ2v) is 7.78. The molecule has 0 saturated carbocycles. The molecule has 32 heavy (non-hydrogen) atoms. The number of aliphatic imine (C=N–C) groups is 1. The Hall–Kier alpha value is -1.91. The van der Waals surface area contributed by atoms with E-state index in [-0.39, 0.29) is 24.0 Å². The van der Waals surface area contributed by atoms with Crippen molar-refractivity contribution in [2.75, 3.05) is 40.5 Å². The number of hydrogen-bond donors (Lipinski definition) is 2. The van der Waals surface area contributed by atoms with Crippen molar-refractivity contribution in [1.82, 2.24) is 20.5 Å². The molecule has 0 spiro atoms. The lowest BCUT2D eigenvalue weighted by Crippen LogP contribution is -2.36. The van der Waals surface area contributed by atoms with Gasteiger partial charge in [-0.15, -0.1) is 24.0 Å². The third kappa shape index (κ3) is 9.30. The smallest absolute Gasteiger partial charge is 0.213 e. The van der Waals surface area contributed by atoms with Gasteiger partial charge in [0.1, 0.15) is 6.61 Å². The number of benzene rings is 1. The number of rotatable bonds is 10. The molecule has 3 rings (SSSR count). The van der Waals surface area contributed by atoms with Crippen molar-refractivity contribution in [3.05, 3.63) is 59.3 Å². The normalized spacial score (nSPS) is 14.5. The average molecular weight is 553 g/mol. The molecule has 1 aromatic heterocycles. The molecule has 1 fully saturated rings. The van der Waals surface area contributed by atoms with Crippen LogP contribution in [0.3, 0.4) is 0 Å². The van der Waals surface area contributed by atoms with Crippen LogP contribution in [0.25, 0.3) is 0 Å². The zero-order chi connectivity index (χ0) is 21.7. The van der Waals surface area contributed by atoms with Crippen molar-refractivity contribution in [3.8, 4) is 5.88 Å². The summed E-state index contributed by atoms with van der Waals surface area (Å²) >= 11 is 0. The van der Waals surface area contributed by atoms with E-state index in [0.29, 0.717) is 25.6 Å². The Balaban J connectivity index is 0.00000363. The van der Waals surface area contributed by atoms with Gasteiger partial charge in [-0.1, -0.05) is 36.8 Å². The third-order valence-electron chi connectivity index (χ3n) is 5.36. The summed E-state index contributed by atoms with van der Waals surface area (Å²) in [6.07, 6.45) is 5.85. The van der Waals surface area contributed by atoms with E-state index >= 15 is 0 Å². The lowest BCUT2D eigenvalue weighted by molar-refractivity contribution is 0.143. The molecule has 0 radical (unpaired) electrons. The summed E-state index contributed by atoms with van der Waals surface area (Å²) in [7, 11) is 3.43. The summed E-state index contributed by atoms with van der Waals surface area (Å²) in [5, 5.41) is 6.70. The molecule has 1 aliphatic heterocycles. The predicted molar refractivity (Wildman–Crippen MR) is 140 cm³/mol. The van der Waals surface area contributed by atoms with Crippen LogP contribution in [0.4, 0.5) is 0 Å². The predicted octanol–water partition coefficient (Wildman–Crippen LogP) is 3.58.